The van der Waals surface area contributed by atoms with Crippen LogP contribution in [-0.4, -0.2) is 6.21 Å². The fraction of sp³-hybridized carbons (Fsp3) is 0. The van der Waals surface area contributed by atoms with Gasteiger partial charge in [-0.15, -0.1) is 0 Å². The minimum atomic E-state index is 0.951. The van der Waals surface area contributed by atoms with Gasteiger partial charge in [0.2, 0.25) is 0 Å². The third-order valence-corrected chi connectivity index (χ3v) is 3.03. The van der Waals surface area contributed by atoms with Crippen molar-refractivity contribution in [3.63, 3.8) is 0 Å². The molecule has 3 aromatic rings. The Morgan fingerprint density at radius 3 is 1.05 bits per heavy atom. The molecule has 0 amide bonds. The van der Waals surface area contributed by atoms with Gasteiger partial charge in [0, 0.05) is 6.21 Å². The second kappa shape index (κ2) is 9.09. The number of hydrogen-bond acceptors (Lipinski definition) is 1. The van der Waals surface area contributed by atoms with Gasteiger partial charge >= 0.3 is 0 Å². The van der Waals surface area contributed by atoms with E-state index in [0.29, 0.717) is 0 Å². The average molecular weight is 285 g/mol. The monoisotopic (exact) mass is 285 g/mol. The van der Waals surface area contributed by atoms with E-state index in [9.17, 15) is 0 Å². The molecule has 0 heterocycles. The topological polar surface area (TPSA) is 23.9 Å². The lowest BCUT2D eigenvalue weighted by Crippen LogP contribution is -1.73. The van der Waals surface area contributed by atoms with Crippen LogP contribution < -0.4 is 0 Å². The lowest BCUT2D eigenvalue weighted by Gasteiger charge is -1.92. The van der Waals surface area contributed by atoms with Gasteiger partial charge in [-0.1, -0.05) is 103 Å². The summed E-state index contributed by atoms with van der Waals surface area (Å²) in [6, 6.07) is 30.2. The van der Waals surface area contributed by atoms with Crippen LogP contribution in [0.15, 0.2) is 91.0 Å². The molecule has 0 aliphatic rings. The lowest BCUT2D eigenvalue weighted by atomic mass is 10.1. The van der Waals surface area contributed by atoms with Crippen LogP contribution in [0.3, 0.4) is 0 Å². The number of rotatable bonds is 3. The maximum atomic E-state index is 6.82. The first-order valence-electron chi connectivity index (χ1n) is 7.22. The summed E-state index contributed by atoms with van der Waals surface area (Å²) in [4.78, 5) is 0. The Kier molecular flexibility index (Phi) is 6.39. The number of hydrogen-bond donors (Lipinski definition) is 1. The highest BCUT2D eigenvalue weighted by molar-refractivity contribution is 5.76. The van der Waals surface area contributed by atoms with Crippen LogP contribution >= 0.6 is 0 Å². The Balaban J connectivity index is 0.000000188. The van der Waals surface area contributed by atoms with Crippen molar-refractivity contribution in [3.05, 3.63) is 108 Å². The molecule has 0 aliphatic heterocycles. The first-order chi connectivity index (χ1) is 10.9. The third-order valence-electron chi connectivity index (χ3n) is 3.03. The molecule has 0 radical (unpaired) electrons. The normalized spacial score (nSPS) is 9.82. The van der Waals surface area contributed by atoms with Gasteiger partial charge in [-0.05, 0) is 16.7 Å². The molecule has 108 valence electrons. The Labute approximate surface area is 132 Å². The quantitative estimate of drug-likeness (QED) is 0.482. The Morgan fingerprint density at radius 2 is 0.773 bits per heavy atom. The van der Waals surface area contributed by atoms with Gasteiger partial charge in [-0.3, -0.25) is 0 Å². The summed E-state index contributed by atoms with van der Waals surface area (Å²) in [5, 5.41) is 6.82. The summed E-state index contributed by atoms with van der Waals surface area (Å²) >= 11 is 0. The molecular weight excluding hydrogens is 266 g/mol. The van der Waals surface area contributed by atoms with Crippen LogP contribution in [-0.2, 0) is 0 Å². The molecule has 3 aromatic carbocycles. The largest absolute Gasteiger partial charge is 0.308 e. The average Bonchev–Trinajstić information content (AvgIpc) is 2.63. The second-order valence-corrected chi connectivity index (χ2v) is 4.71. The first-order valence-corrected chi connectivity index (χ1v) is 7.22. The van der Waals surface area contributed by atoms with Crippen molar-refractivity contribution < 1.29 is 0 Å². The highest BCUT2D eigenvalue weighted by Gasteiger charge is 1.84. The van der Waals surface area contributed by atoms with Gasteiger partial charge in [0.05, 0.1) is 0 Å². The molecule has 0 saturated heterocycles. The SMILES string of the molecule is C(=Cc1ccccc1)c1ccccc1.N=Cc1ccccc1. The van der Waals surface area contributed by atoms with Gasteiger partial charge in [-0.2, -0.15) is 0 Å². The van der Waals surface area contributed by atoms with E-state index in [1.807, 2.05) is 66.7 Å². The summed E-state index contributed by atoms with van der Waals surface area (Å²) < 4.78 is 0. The van der Waals surface area contributed by atoms with Crippen molar-refractivity contribution in [2.24, 2.45) is 0 Å². The molecule has 22 heavy (non-hydrogen) atoms. The van der Waals surface area contributed by atoms with Crippen molar-refractivity contribution in [2.45, 2.75) is 0 Å². The summed E-state index contributed by atoms with van der Waals surface area (Å²) in [6.07, 6.45) is 5.57. The highest BCUT2D eigenvalue weighted by atomic mass is 14.3. The third kappa shape index (κ3) is 5.59. The van der Waals surface area contributed by atoms with Crippen molar-refractivity contribution in [1.29, 1.82) is 5.41 Å². The highest BCUT2D eigenvalue weighted by Crippen LogP contribution is 2.06. The Bertz CT molecular complexity index is 644. The molecule has 1 nitrogen and oxygen atoms in total. The molecule has 1 heteroatoms. The zero-order valence-corrected chi connectivity index (χ0v) is 12.4. The van der Waals surface area contributed by atoms with Crippen LogP contribution in [0.1, 0.15) is 16.7 Å². The predicted octanol–water partition coefficient (Wildman–Crippen LogP) is 5.54. The minimum absolute atomic E-state index is 0.951. The molecule has 0 unspecified atom stereocenters. The number of benzene rings is 3. The van der Waals surface area contributed by atoms with Gasteiger partial charge in [0.15, 0.2) is 0 Å². The zero-order chi connectivity index (χ0) is 15.5. The van der Waals surface area contributed by atoms with Crippen molar-refractivity contribution in [1.82, 2.24) is 0 Å². The van der Waals surface area contributed by atoms with Crippen LogP contribution in [0, 0.1) is 5.41 Å². The van der Waals surface area contributed by atoms with E-state index in [2.05, 4.69) is 36.4 Å². The molecule has 0 bridgehead atoms. The van der Waals surface area contributed by atoms with Crippen molar-refractivity contribution in [2.75, 3.05) is 0 Å². The van der Waals surface area contributed by atoms with E-state index >= 15 is 0 Å². The molecule has 0 atom stereocenters. The van der Waals surface area contributed by atoms with Crippen LogP contribution in [0.2, 0.25) is 0 Å². The van der Waals surface area contributed by atoms with Crippen LogP contribution in [0.4, 0.5) is 0 Å². The fourth-order valence-corrected chi connectivity index (χ4v) is 1.87. The fourth-order valence-electron chi connectivity index (χ4n) is 1.87. The van der Waals surface area contributed by atoms with Gasteiger partial charge in [0.1, 0.15) is 0 Å². The molecular formula is C21H19N. The summed E-state index contributed by atoms with van der Waals surface area (Å²) in [5.41, 5.74) is 3.42. The smallest absolute Gasteiger partial charge is 0.0250 e. The van der Waals surface area contributed by atoms with Crippen molar-refractivity contribution >= 4 is 18.4 Å². The predicted molar refractivity (Wildman–Crippen MR) is 96.1 cm³/mol. The molecule has 3 rings (SSSR count). The Hall–Kier alpha value is -2.93. The maximum absolute atomic E-state index is 6.82. The lowest BCUT2D eigenvalue weighted by molar-refractivity contribution is 1.54. The molecule has 0 aromatic heterocycles. The minimum Gasteiger partial charge on any atom is -0.308 e. The van der Waals surface area contributed by atoms with E-state index in [-0.39, 0.29) is 0 Å². The van der Waals surface area contributed by atoms with E-state index in [4.69, 9.17) is 5.41 Å². The zero-order valence-electron chi connectivity index (χ0n) is 12.4. The van der Waals surface area contributed by atoms with Gasteiger partial charge < -0.3 is 5.41 Å². The summed E-state index contributed by atoms with van der Waals surface area (Å²) in [7, 11) is 0. The Morgan fingerprint density at radius 1 is 0.455 bits per heavy atom. The number of nitrogens with one attached hydrogen (secondary N) is 1. The van der Waals surface area contributed by atoms with Gasteiger partial charge in [-0.25, -0.2) is 0 Å². The summed E-state index contributed by atoms with van der Waals surface area (Å²) in [6.45, 7) is 0. The molecule has 0 spiro atoms. The first kappa shape index (κ1) is 15.5. The van der Waals surface area contributed by atoms with E-state index in [1.54, 1.807) is 0 Å². The van der Waals surface area contributed by atoms with Crippen molar-refractivity contribution in [3.8, 4) is 0 Å². The van der Waals surface area contributed by atoms with E-state index in [0.717, 1.165) is 5.56 Å². The molecule has 0 saturated carbocycles. The van der Waals surface area contributed by atoms with E-state index in [1.165, 1.54) is 17.3 Å². The molecule has 0 aliphatic carbocycles. The van der Waals surface area contributed by atoms with Crippen LogP contribution in [0.25, 0.3) is 12.2 Å². The van der Waals surface area contributed by atoms with Crippen LogP contribution in [0.5, 0.6) is 0 Å². The maximum Gasteiger partial charge on any atom is 0.0250 e. The second-order valence-electron chi connectivity index (χ2n) is 4.71. The molecule has 1 N–H and O–H groups in total. The standard InChI is InChI=1S/C14H12.C7H7N/c1-3-7-13(8-4-1)11-12-14-9-5-2-6-10-14;8-6-7-4-2-1-3-5-7/h1-12H;1-6,8H. The summed E-state index contributed by atoms with van der Waals surface area (Å²) in [5.74, 6) is 0. The molecule has 0 fully saturated rings. The van der Waals surface area contributed by atoms with Gasteiger partial charge in [0.25, 0.3) is 0 Å². The van der Waals surface area contributed by atoms with E-state index < -0.39 is 0 Å².